The Hall–Kier alpha value is -2.69. The average Bonchev–Trinajstić information content (AvgIpc) is 3.25. The van der Waals surface area contributed by atoms with Gasteiger partial charge in [-0.3, -0.25) is 14.5 Å². The number of benzene rings is 1. The minimum atomic E-state index is -0.994. The predicted molar refractivity (Wildman–Crippen MR) is 124 cm³/mol. The number of hydrogen-bond acceptors (Lipinski definition) is 7. The molecule has 33 heavy (non-hydrogen) atoms. The maximum atomic E-state index is 12.5. The number of esters is 1. The van der Waals surface area contributed by atoms with Gasteiger partial charge in [0.25, 0.3) is 5.91 Å². The van der Waals surface area contributed by atoms with Gasteiger partial charge in [0.05, 0.1) is 11.4 Å². The molecule has 1 aliphatic rings. The standard InChI is InChI=1S/C22H27ClN4O5S/c1-4-22(2)19(29)27(20(30)25-22)12-18(28)32-13-17-14-33-21(26(17)9-6-10-31-3)24-16-8-5-7-15(23)11-16/h5,7-8,11,14H,4,6,9-10,12-13H2,1-3H3,(H,25,30). The molecular weight excluding hydrogens is 468 g/mol. The van der Waals surface area contributed by atoms with Crippen LogP contribution in [0.2, 0.25) is 5.02 Å². The van der Waals surface area contributed by atoms with Crippen molar-refractivity contribution in [2.45, 2.75) is 45.4 Å². The molecule has 0 saturated carbocycles. The highest BCUT2D eigenvalue weighted by molar-refractivity contribution is 7.07. The van der Waals surface area contributed by atoms with Crippen molar-refractivity contribution < 1.29 is 23.9 Å². The Balaban J connectivity index is 1.72. The fourth-order valence-corrected chi connectivity index (χ4v) is 4.41. The zero-order valence-electron chi connectivity index (χ0n) is 18.8. The Morgan fingerprint density at radius 2 is 2.12 bits per heavy atom. The molecule has 1 N–H and O–H groups in total. The van der Waals surface area contributed by atoms with E-state index in [1.54, 1.807) is 33.1 Å². The molecule has 1 aromatic carbocycles. The van der Waals surface area contributed by atoms with Gasteiger partial charge in [-0.25, -0.2) is 9.79 Å². The summed E-state index contributed by atoms with van der Waals surface area (Å²) in [6.07, 6.45) is 1.17. The van der Waals surface area contributed by atoms with E-state index in [1.165, 1.54) is 11.3 Å². The van der Waals surface area contributed by atoms with Crippen LogP contribution in [0.1, 0.15) is 32.4 Å². The molecule has 1 aromatic heterocycles. The van der Waals surface area contributed by atoms with Crippen LogP contribution in [-0.4, -0.2) is 53.2 Å². The first-order chi connectivity index (χ1) is 15.8. The van der Waals surface area contributed by atoms with Gasteiger partial charge in [0.1, 0.15) is 18.7 Å². The molecule has 3 rings (SSSR count). The molecule has 1 fully saturated rings. The number of thiazole rings is 1. The van der Waals surface area contributed by atoms with Crippen LogP contribution in [0.5, 0.6) is 0 Å². The van der Waals surface area contributed by atoms with E-state index in [9.17, 15) is 14.4 Å². The van der Waals surface area contributed by atoms with Crippen LogP contribution in [-0.2, 0) is 32.2 Å². The number of hydrogen-bond donors (Lipinski definition) is 1. The van der Waals surface area contributed by atoms with Gasteiger partial charge in [0.15, 0.2) is 4.80 Å². The normalized spacial score (nSPS) is 18.7. The fraction of sp³-hybridized carbons (Fsp3) is 0.455. The van der Waals surface area contributed by atoms with Crippen LogP contribution in [0.3, 0.4) is 0 Å². The summed E-state index contributed by atoms with van der Waals surface area (Å²) in [5.74, 6) is -1.10. The average molecular weight is 495 g/mol. The summed E-state index contributed by atoms with van der Waals surface area (Å²) in [4.78, 5) is 43.3. The lowest BCUT2D eigenvalue weighted by Gasteiger charge is -2.18. The maximum Gasteiger partial charge on any atom is 0.326 e. The second kappa shape index (κ2) is 11.0. The SMILES string of the molecule is CCC1(C)NC(=O)N(CC(=O)OCc2csc(=Nc3cccc(Cl)c3)n2CCCOC)C1=O. The smallest absolute Gasteiger partial charge is 0.326 e. The van der Waals surface area contributed by atoms with Crippen molar-refractivity contribution in [3.8, 4) is 0 Å². The molecule has 0 aliphatic carbocycles. The van der Waals surface area contributed by atoms with Crippen LogP contribution in [0, 0.1) is 0 Å². The number of urea groups is 1. The first kappa shape index (κ1) is 24.9. The Kier molecular flexibility index (Phi) is 8.28. The van der Waals surface area contributed by atoms with Crippen LogP contribution < -0.4 is 10.1 Å². The van der Waals surface area contributed by atoms with E-state index < -0.39 is 30.0 Å². The van der Waals surface area contributed by atoms with Gasteiger partial charge in [-0.05, 0) is 38.0 Å². The van der Waals surface area contributed by atoms with E-state index in [-0.39, 0.29) is 6.61 Å². The fourth-order valence-electron chi connectivity index (χ4n) is 3.29. The highest BCUT2D eigenvalue weighted by atomic mass is 35.5. The van der Waals surface area contributed by atoms with Gasteiger partial charge in [-0.2, -0.15) is 0 Å². The Labute approximate surface area is 201 Å². The van der Waals surface area contributed by atoms with Crippen molar-refractivity contribution in [3.63, 3.8) is 0 Å². The van der Waals surface area contributed by atoms with E-state index in [2.05, 4.69) is 10.3 Å². The van der Waals surface area contributed by atoms with Crippen molar-refractivity contribution in [2.75, 3.05) is 20.3 Å². The van der Waals surface area contributed by atoms with E-state index in [4.69, 9.17) is 21.1 Å². The van der Waals surface area contributed by atoms with Gasteiger partial charge in [-0.15, -0.1) is 11.3 Å². The molecule has 178 valence electrons. The monoisotopic (exact) mass is 494 g/mol. The number of ether oxygens (including phenoxy) is 2. The third kappa shape index (κ3) is 6.01. The maximum absolute atomic E-state index is 12.5. The first-order valence-corrected chi connectivity index (χ1v) is 11.8. The van der Waals surface area contributed by atoms with E-state index >= 15 is 0 Å². The number of aromatic nitrogens is 1. The Morgan fingerprint density at radius 3 is 2.79 bits per heavy atom. The Bertz CT molecular complexity index is 1100. The molecule has 9 nitrogen and oxygen atoms in total. The minimum absolute atomic E-state index is 0.0118. The molecule has 1 aliphatic heterocycles. The molecule has 0 radical (unpaired) electrons. The third-order valence-corrected chi connectivity index (χ3v) is 6.51. The molecule has 2 aromatic rings. The highest BCUT2D eigenvalue weighted by Gasteiger charge is 2.47. The minimum Gasteiger partial charge on any atom is -0.458 e. The quantitative estimate of drug-likeness (QED) is 0.310. The van der Waals surface area contributed by atoms with E-state index in [0.717, 1.165) is 21.8 Å². The van der Waals surface area contributed by atoms with Crippen molar-refractivity contribution in [2.24, 2.45) is 4.99 Å². The molecule has 11 heteroatoms. The van der Waals surface area contributed by atoms with E-state index in [1.807, 2.05) is 22.1 Å². The highest BCUT2D eigenvalue weighted by Crippen LogP contribution is 2.21. The largest absolute Gasteiger partial charge is 0.458 e. The second-order valence-electron chi connectivity index (χ2n) is 7.77. The molecule has 0 spiro atoms. The van der Waals surface area contributed by atoms with Crippen LogP contribution in [0.15, 0.2) is 34.6 Å². The van der Waals surface area contributed by atoms with Gasteiger partial charge in [-0.1, -0.05) is 24.6 Å². The van der Waals surface area contributed by atoms with Crippen molar-refractivity contribution in [1.82, 2.24) is 14.8 Å². The topological polar surface area (TPSA) is 102 Å². The van der Waals surface area contributed by atoms with Crippen LogP contribution in [0.4, 0.5) is 10.5 Å². The summed E-state index contributed by atoms with van der Waals surface area (Å²) in [7, 11) is 1.64. The van der Waals surface area contributed by atoms with Crippen molar-refractivity contribution >= 4 is 46.5 Å². The molecule has 1 unspecified atom stereocenters. The number of rotatable bonds is 10. The number of methoxy groups -OCH3 is 1. The van der Waals surface area contributed by atoms with Crippen molar-refractivity contribution in [1.29, 1.82) is 0 Å². The number of amides is 3. The lowest BCUT2D eigenvalue weighted by molar-refractivity contribution is -0.149. The molecule has 0 bridgehead atoms. The summed E-state index contributed by atoms with van der Waals surface area (Å²) < 4.78 is 12.5. The van der Waals surface area contributed by atoms with Gasteiger partial charge < -0.3 is 19.4 Å². The zero-order chi connectivity index (χ0) is 24.0. The van der Waals surface area contributed by atoms with Gasteiger partial charge >= 0.3 is 12.0 Å². The van der Waals surface area contributed by atoms with Gasteiger partial charge in [0, 0.05) is 30.7 Å². The third-order valence-electron chi connectivity index (χ3n) is 5.36. The summed E-state index contributed by atoms with van der Waals surface area (Å²) in [6.45, 7) is 4.17. The molecular formula is C22H27ClN4O5S. The second-order valence-corrected chi connectivity index (χ2v) is 9.04. The number of halogens is 1. The molecule has 3 amide bonds. The van der Waals surface area contributed by atoms with E-state index in [0.29, 0.717) is 30.3 Å². The van der Waals surface area contributed by atoms with Gasteiger partial charge in [0.2, 0.25) is 0 Å². The lowest BCUT2D eigenvalue weighted by Crippen LogP contribution is -2.43. The summed E-state index contributed by atoms with van der Waals surface area (Å²) in [5.41, 5.74) is 0.470. The summed E-state index contributed by atoms with van der Waals surface area (Å²) in [6, 6.07) is 6.64. The zero-order valence-corrected chi connectivity index (χ0v) is 20.4. The van der Waals surface area contributed by atoms with Crippen LogP contribution in [0.25, 0.3) is 0 Å². The number of nitrogens with one attached hydrogen (secondary N) is 1. The summed E-state index contributed by atoms with van der Waals surface area (Å²) >= 11 is 7.48. The number of carbonyl (C=O) groups excluding carboxylic acids is 3. The number of nitrogens with zero attached hydrogens (tertiary/aromatic N) is 3. The van der Waals surface area contributed by atoms with Crippen molar-refractivity contribution in [3.05, 3.63) is 45.2 Å². The van der Waals surface area contributed by atoms with Crippen LogP contribution >= 0.6 is 22.9 Å². The molecule has 1 atom stereocenters. The summed E-state index contributed by atoms with van der Waals surface area (Å²) in [5, 5.41) is 5.08. The number of imide groups is 1. The lowest BCUT2D eigenvalue weighted by atomic mass is 9.99. The first-order valence-electron chi connectivity index (χ1n) is 10.5. The Morgan fingerprint density at radius 1 is 1.33 bits per heavy atom. The molecule has 2 heterocycles. The molecule has 1 saturated heterocycles. The number of carbonyl (C=O) groups is 3. The predicted octanol–water partition coefficient (Wildman–Crippen LogP) is 3.24.